The van der Waals surface area contributed by atoms with Gasteiger partial charge in [0.1, 0.15) is 11.8 Å². The number of aromatic amines is 1. The highest BCUT2D eigenvalue weighted by atomic mass is 16.1. The summed E-state index contributed by atoms with van der Waals surface area (Å²) in [5.74, 6) is 0.735. The minimum Gasteiger partial charge on any atom is -0.368 e. The van der Waals surface area contributed by atoms with Crippen molar-refractivity contribution in [1.82, 2.24) is 24.8 Å². The number of rotatable bonds is 3. The Kier molecular flexibility index (Phi) is 3.60. The molecule has 122 valence electrons. The summed E-state index contributed by atoms with van der Waals surface area (Å²) in [5, 5.41) is 0. The van der Waals surface area contributed by atoms with Gasteiger partial charge in [0, 0.05) is 19.1 Å². The van der Waals surface area contributed by atoms with Crippen LogP contribution in [0.4, 0.5) is 5.82 Å². The number of fused-ring (bicyclic) bond motifs is 1. The van der Waals surface area contributed by atoms with Gasteiger partial charge in [0.05, 0.1) is 12.4 Å². The van der Waals surface area contributed by atoms with Crippen molar-refractivity contribution in [2.24, 2.45) is 5.73 Å². The molecule has 1 unspecified atom stereocenters. The number of carbonyl (C=O) groups is 1. The maximum absolute atomic E-state index is 11.6. The molecule has 0 aliphatic carbocycles. The van der Waals surface area contributed by atoms with Gasteiger partial charge in [0.15, 0.2) is 11.5 Å². The zero-order chi connectivity index (χ0) is 15.8. The molecule has 4 rings (SSSR count). The van der Waals surface area contributed by atoms with Crippen molar-refractivity contribution in [3.63, 3.8) is 0 Å². The molecule has 0 saturated carbocycles. The largest absolute Gasteiger partial charge is 0.368 e. The molecule has 2 aliphatic heterocycles. The lowest BCUT2D eigenvalue weighted by atomic mass is 10.0. The van der Waals surface area contributed by atoms with E-state index in [1.807, 2.05) is 0 Å². The van der Waals surface area contributed by atoms with E-state index in [9.17, 15) is 4.79 Å². The van der Waals surface area contributed by atoms with Crippen molar-refractivity contribution in [2.45, 2.75) is 37.8 Å². The Morgan fingerprint density at radius 1 is 1.17 bits per heavy atom. The van der Waals surface area contributed by atoms with E-state index in [2.05, 4.69) is 29.7 Å². The molecule has 2 saturated heterocycles. The van der Waals surface area contributed by atoms with E-state index in [4.69, 9.17) is 5.73 Å². The van der Waals surface area contributed by atoms with Gasteiger partial charge in [-0.1, -0.05) is 0 Å². The number of carbonyl (C=O) groups excluding carboxylic acids is 1. The summed E-state index contributed by atoms with van der Waals surface area (Å²) < 4.78 is 0. The second-order valence-electron chi connectivity index (χ2n) is 6.31. The first kappa shape index (κ1) is 14.4. The first-order chi connectivity index (χ1) is 11.2. The van der Waals surface area contributed by atoms with Gasteiger partial charge in [-0.3, -0.25) is 9.69 Å². The minimum atomic E-state index is -0.181. The third-order valence-corrected chi connectivity index (χ3v) is 5.06. The van der Waals surface area contributed by atoms with Gasteiger partial charge in [-0.2, -0.15) is 0 Å². The van der Waals surface area contributed by atoms with Crippen LogP contribution in [0, 0.1) is 0 Å². The first-order valence-electron chi connectivity index (χ1n) is 8.18. The molecule has 0 radical (unpaired) electrons. The molecule has 2 aromatic rings. The van der Waals surface area contributed by atoms with Gasteiger partial charge in [-0.05, 0) is 32.2 Å². The van der Waals surface area contributed by atoms with Crippen molar-refractivity contribution in [3.8, 4) is 0 Å². The first-order valence-corrected chi connectivity index (χ1v) is 8.18. The Bertz CT molecular complexity index is 707. The molecule has 0 spiro atoms. The molecule has 8 nitrogen and oxygen atoms in total. The van der Waals surface area contributed by atoms with Gasteiger partial charge in [0.25, 0.3) is 0 Å². The molecule has 0 aromatic carbocycles. The van der Waals surface area contributed by atoms with E-state index >= 15 is 0 Å². The lowest BCUT2D eigenvalue weighted by Crippen LogP contribution is -2.50. The highest BCUT2D eigenvalue weighted by Gasteiger charge is 2.36. The van der Waals surface area contributed by atoms with Crippen LogP contribution in [0.2, 0.25) is 0 Å². The Balaban J connectivity index is 1.47. The number of imidazole rings is 1. The highest BCUT2D eigenvalue weighted by Crippen LogP contribution is 2.29. The quantitative estimate of drug-likeness (QED) is 0.842. The van der Waals surface area contributed by atoms with E-state index in [1.165, 1.54) is 0 Å². The van der Waals surface area contributed by atoms with Crippen molar-refractivity contribution in [3.05, 3.63) is 12.7 Å². The van der Waals surface area contributed by atoms with Gasteiger partial charge < -0.3 is 15.6 Å². The van der Waals surface area contributed by atoms with Crippen LogP contribution in [-0.2, 0) is 4.79 Å². The minimum absolute atomic E-state index is 0.0788. The predicted molar refractivity (Wildman–Crippen MR) is 85.8 cm³/mol. The molecule has 3 N–H and O–H groups in total. The third kappa shape index (κ3) is 2.52. The smallest absolute Gasteiger partial charge is 0.234 e. The summed E-state index contributed by atoms with van der Waals surface area (Å²) in [6, 6.07) is 0.357. The molecule has 2 aromatic heterocycles. The summed E-state index contributed by atoms with van der Waals surface area (Å²) in [6.45, 7) is 2.81. The molecule has 8 heteroatoms. The van der Waals surface area contributed by atoms with E-state index < -0.39 is 0 Å². The summed E-state index contributed by atoms with van der Waals surface area (Å²) in [7, 11) is 0. The Hall–Kier alpha value is -2.22. The van der Waals surface area contributed by atoms with E-state index in [1.54, 1.807) is 12.7 Å². The summed E-state index contributed by atoms with van der Waals surface area (Å²) in [4.78, 5) is 32.1. The average Bonchev–Trinajstić information content (AvgIpc) is 3.23. The number of nitrogens with one attached hydrogen (secondary N) is 1. The van der Waals surface area contributed by atoms with E-state index in [-0.39, 0.29) is 11.9 Å². The zero-order valence-electron chi connectivity index (χ0n) is 13.0. The summed E-state index contributed by atoms with van der Waals surface area (Å²) >= 11 is 0. The molecule has 0 bridgehead atoms. The van der Waals surface area contributed by atoms with Crippen molar-refractivity contribution in [1.29, 1.82) is 0 Å². The van der Waals surface area contributed by atoms with Crippen molar-refractivity contribution >= 4 is 22.9 Å². The highest BCUT2D eigenvalue weighted by molar-refractivity contribution is 5.82. The van der Waals surface area contributed by atoms with E-state index in [0.717, 1.165) is 56.7 Å². The molecular formula is C15H21N7O. The van der Waals surface area contributed by atoms with Crippen LogP contribution < -0.4 is 10.6 Å². The maximum Gasteiger partial charge on any atom is 0.234 e. The van der Waals surface area contributed by atoms with Crippen LogP contribution in [0.1, 0.15) is 25.7 Å². The SMILES string of the molecule is NC(=O)C1CCCN1C1CCN(c2ncnc3nc[nH]c23)CC1. The molecule has 4 heterocycles. The molecule has 1 atom stereocenters. The fraction of sp³-hybridized carbons (Fsp3) is 0.600. The van der Waals surface area contributed by atoms with Gasteiger partial charge >= 0.3 is 0 Å². The molecule has 2 fully saturated rings. The fourth-order valence-electron chi connectivity index (χ4n) is 3.93. The number of nitrogens with two attached hydrogens (primary N) is 1. The number of aromatic nitrogens is 4. The zero-order valence-corrected chi connectivity index (χ0v) is 13.0. The number of H-pyrrole nitrogens is 1. The van der Waals surface area contributed by atoms with Gasteiger partial charge in [-0.15, -0.1) is 0 Å². The molecule has 2 aliphatic rings. The Morgan fingerprint density at radius 3 is 2.78 bits per heavy atom. The summed E-state index contributed by atoms with van der Waals surface area (Å²) in [6.07, 6.45) is 7.21. The number of hydrogen-bond donors (Lipinski definition) is 2. The summed E-state index contributed by atoms with van der Waals surface area (Å²) in [5.41, 5.74) is 7.13. The predicted octanol–water partition coefficient (Wildman–Crippen LogP) is 0.271. The van der Waals surface area contributed by atoms with Crippen molar-refractivity contribution < 1.29 is 4.79 Å². The molecule has 23 heavy (non-hydrogen) atoms. The monoisotopic (exact) mass is 315 g/mol. The van der Waals surface area contributed by atoms with Crippen LogP contribution in [0.25, 0.3) is 11.2 Å². The Morgan fingerprint density at radius 2 is 2.00 bits per heavy atom. The number of primary amides is 1. The number of anilines is 1. The number of nitrogens with zero attached hydrogens (tertiary/aromatic N) is 5. The standard InChI is InChI=1S/C15H21N7O/c16-13(23)11-2-1-5-22(11)10-3-6-21(7-4-10)15-12-14(18-8-17-12)19-9-20-15/h8-11H,1-7H2,(H2,16,23)(H,17,18,19,20). The topological polar surface area (TPSA) is 104 Å². The van der Waals surface area contributed by atoms with Crippen LogP contribution in [0.15, 0.2) is 12.7 Å². The fourth-order valence-corrected chi connectivity index (χ4v) is 3.93. The number of amides is 1. The second kappa shape index (κ2) is 5.77. The number of likely N-dealkylation sites (tertiary alicyclic amines) is 1. The number of hydrogen-bond acceptors (Lipinski definition) is 6. The third-order valence-electron chi connectivity index (χ3n) is 5.06. The lowest BCUT2D eigenvalue weighted by Gasteiger charge is -2.39. The average molecular weight is 315 g/mol. The Labute approximate surface area is 134 Å². The van der Waals surface area contributed by atoms with Crippen molar-refractivity contribution in [2.75, 3.05) is 24.5 Å². The van der Waals surface area contributed by atoms with Crippen LogP contribution in [0.3, 0.4) is 0 Å². The lowest BCUT2D eigenvalue weighted by molar-refractivity contribution is -0.123. The molecular weight excluding hydrogens is 294 g/mol. The number of piperidine rings is 1. The van der Waals surface area contributed by atoms with Crippen LogP contribution in [0.5, 0.6) is 0 Å². The van der Waals surface area contributed by atoms with Crippen LogP contribution >= 0.6 is 0 Å². The van der Waals surface area contributed by atoms with Gasteiger partial charge in [0.2, 0.25) is 5.91 Å². The normalized spacial score (nSPS) is 23.7. The van der Waals surface area contributed by atoms with Gasteiger partial charge in [-0.25, -0.2) is 15.0 Å². The second-order valence-corrected chi connectivity index (χ2v) is 6.31. The molecule has 1 amide bonds. The van der Waals surface area contributed by atoms with Crippen LogP contribution in [-0.4, -0.2) is 62.5 Å². The maximum atomic E-state index is 11.6. The van der Waals surface area contributed by atoms with E-state index in [0.29, 0.717) is 11.7 Å².